The predicted molar refractivity (Wildman–Crippen MR) is 209 cm³/mol. The lowest BCUT2D eigenvalue weighted by molar-refractivity contribution is 1.18. The van der Waals surface area contributed by atoms with Crippen LogP contribution in [0.5, 0.6) is 0 Å². The van der Waals surface area contributed by atoms with Crippen LogP contribution in [0.2, 0.25) is 0 Å². The maximum Gasteiger partial charge on any atom is 0.0569 e. The van der Waals surface area contributed by atoms with Gasteiger partial charge in [-0.05, 0) is 88.5 Å². The molecule has 0 aliphatic rings. The molecule has 1 aromatic heterocycles. The Balaban J connectivity index is 1.34. The van der Waals surface area contributed by atoms with E-state index in [9.17, 15) is 0 Å². The second-order valence-electron chi connectivity index (χ2n) is 12.6. The van der Waals surface area contributed by atoms with Gasteiger partial charge >= 0.3 is 0 Å². The molecule has 9 rings (SSSR count). The Labute approximate surface area is 286 Å². The molecule has 0 bridgehead atoms. The number of aryl methyl sites for hydroxylation is 1. The van der Waals surface area contributed by atoms with E-state index in [0.717, 1.165) is 17.1 Å². The van der Waals surface area contributed by atoms with Crippen LogP contribution in [0, 0.1) is 6.92 Å². The van der Waals surface area contributed by atoms with Crippen molar-refractivity contribution >= 4 is 49.6 Å². The molecule has 0 spiro atoms. The van der Waals surface area contributed by atoms with E-state index in [-0.39, 0.29) is 0 Å². The highest BCUT2D eigenvalue weighted by Crippen LogP contribution is 2.48. The van der Waals surface area contributed by atoms with Crippen molar-refractivity contribution in [3.8, 4) is 27.9 Å². The summed E-state index contributed by atoms with van der Waals surface area (Å²) < 4.78 is 2.40. The van der Waals surface area contributed by atoms with Crippen LogP contribution in [0.1, 0.15) is 5.56 Å². The number of nitrogens with zero attached hydrogens (tertiary/aromatic N) is 2. The van der Waals surface area contributed by atoms with Gasteiger partial charge in [-0.1, -0.05) is 140 Å². The first-order valence-corrected chi connectivity index (χ1v) is 16.9. The summed E-state index contributed by atoms with van der Waals surface area (Å²) in [5.74, 6) is 0. The van der Waals surface area contributed by atoms with E-state index in [2.05, 4.69) is 204 Å². The predicted octanol–water partition coefficient (Wildman–Crippen LogP) is 13.0. The molecule has 0 N–H and O–H groups in total. The number of para-hydroxylation sites is 3. The molecular weight excluding hydrogens is 593 g/mol. The molecule has 0 saturated carbocycles. The molecule has 0 aliphatic carbocycles. The highest BCUT2D eigenvalue weighted by molar-refractivity contribution is 6.17. The number of fused-ring (bicyclic) bond motifs is 4. The van der Waals surface area contributed by atoms with Crippen LogP contribution >= 0.6 is 0 Å². The van der Waals surface area contributed by atoms with Crippen LogP contribution in [-0.4, -0.2) is 4.57 Å². The summed E-state index contributed by atoms with van der Waals surface area (Å²) in [6, 6.07) is 68.0. The molecule has 0 saturated heterocycles. The SMILES string of the molecule is Cc1cccc(-c2ccc3ccccc3c2)c1N(c1ccc(-c2ccccc2)cc1)c1cccc2c1c1ccccc1n2-c1ccccc1. The second-order valence-corrected chi connectivity index (χ2v) is 12.6. The van der Waals surface area contributed by atoms with E-state index in [1.165, 1.54) is 66.1 Å². The molecule has 0 fully saturated rings. The van der Waals surface area contributed by atoms with Crippen molar-refractivity contribution in [2.45, 2.75) is 6.92 Å². The zero-order valence-corrected chi connectivity index (χ0v) is 27.3. The lowest BCUT2D eigenvalue weighted by Gasteiger charge is -2.30. The monoisotopic (exact) mass is 626 g/mol. The van der Waals surface area contributed by atoms with Crippen LogP contribution in [0.3, 0.4) is 0 Å². The number of hydrogen-bond donors (Lipinski definition) is 0. The summed E-state index contributed by atoms with van der Waals surface area (Å²) in [6.07, 6.45) is 0. The Morgan fingerprint density at radius 3 is 1.90 bits per heavy atom. The fraction of sp³-hybridized carbons (Fsp3) is 0.0213. The fourth-order valence-corrected chi connectivity index (χ4v) is 7.41. The van der Waals surface area contributed by atoms with Crippen LogP contribution in [0.25, 0.3) is 60.5 Å². The normalized spacial score (nSPS) is 11.4. The molecule has 49 heavy (non-hydrogen) atoms. The average Bonchev–Trinajstić information content (AvgIpc) is 3.51. The van der Waals surface area contributed by atoms with Gasteiger partial charge in [0.1, 0.15) is 0 Å². The maximum absolute atomic E-state index is 2.48. The quantitative estimate of drug-likeness (QED) is 0.178. The molecule has 0 unspecified atom stereocenters. The smallest absolute Gasteiger partial charge is 0.0569 e. The van der Waals surface area contributed by atoms with Crippen molar-refractivity contribution in [1.82, 2.24) is 4.57 Å². The molecule has 8 aromatic carbocycles. The van der Waals surface area contributed by atoms with Crippen molar-refractivity contribution in [2.24, 2.45) is 0 Å². The van der Waals surface area contributed by atoms with Crippen LogP contribution in [-0.2, 0) is 0 Å². The number of aromatic nitrogens is 1. The Hall–Kier alpha value is -6.38. The number of benzene rings is 8. The second kappa shape index (κ2) is 12.0. The van der Waals surface area contributed by atoms with E-state index in [1.54, 1.807) is 0 Å². The first kappa shape index (κ1) is 28.8. The van der Waals surface area contributed by atoms with Crippen molar-refractivity contribution in [3.63, 3.8) is 0 Å². The molecule has 0 amide bonds. The van der Waals surface area contributed by atoms with Crippen molar-refractivity contribution in [3.05, 3.63) is 194 Å². The van der Waals surface area contributed by atoms with Crippen LogP contribution < -0.4 is 4.90 Å². The van der Waals surface area contributed by atoms with Gasteiger partial charge in [0.2, 0.25) is 0 Å². The van der Waals surface area contributed by atoms with Gasteiger partial charge in [-0.15, -0.1) is 0 Å². The third-order valence-electron chi connectivity index (χ3n) is 9.69. The first-order chi connectivity index (χ1) is 24.2. The summed E-state index contributed by atoms with van der Waals surface area (Å²) in [5.41, 5.74) is 13.0. The van der Waals surface area contributed by atoms with Gasteiger partial charge in [-0.3, -0.25) is 0 Å². The van der Waals surface area contributed by atoms with Crippen LogP contribution in [0.15, 0.2) is 188 Å². The average molecular weight is 627 g/mol. The Morgan fingerprint density at radius 1 is 0.449 bits per heavy atom. The van der Waals surface area contributed by atoms with Gasteiger partial charge in [0.05, 0.1) is 22.4 Å². The van der Waals surface area contributed by atoms with Gasteiger partial charge < -0.3 is 9.47 Å². The summed E-state index contributed by atoms with van der Waals surface area (Å²) >= 11 is 0. The van der Waals surface area contributed by atoms with Crippen molar-refractivity contribution in [1.29, 1.82) is 0 Å². The van der Waals surface area contributed by atoms with Crippen LogP contribution in [0.4, 0.5) is 17.1 Å². The highest BCUT2D eigenvalue weighted by Gasteiger charge is 2.24. The van der Waals surface area contributed by atoms with Crippen molar-refractivity contribution in [2.75, 3.05) is 4.90 Å². The summed E-state index contributed by atoms with van der Waals surface area (Å²) in [7, 11) is 0. The lowest BCUT2D eigenvalue weighted by Crippen LogP contribution is -2.13. The van der Waals surface area contributed by atoms with Gasteiger partial charge in [-0.2, -0.15) is 0 Å². The molecule has 0 aliphatic heterocycles. The first-order valence-electron chi connectivity index (χ1n) is 16.9. The van der Waals surface area contributed by atoms with E-state index >= 15 is 0 Å². The minimum Gasteiger partial charge on any atom is -0.309 e. The fourth-order valence-electron chi connectivity index (χ4n) is 7.41. The molecule has 1 heterocycles. The summed E-state index contributed by atoms with van der Waals surface area (Å²) in [5, 5.41) is 4.93. The van der Waals surface area contributed by atoms with Crippen molar-refractivity contribution < 1.29 is 0 Å². The minimum absolute atomic E-state index is 1.11. The van der Waals surface area contributed by atoms with E-state index in [0.29, 0.717) is 0 Å². The molecule has 0 atom stereocenters. The van der Waals surface area contributed by atoms with Gasteiger partial charge in [0.25, 0.3) is 0 Å². The maximum atomic E-state index is 2.48. The Morgan fingerprint density at radius 2 is 1.08 bits per heavy atom. The molecule has 0 radical (unpaired) electrons. The molecule has 232 valence electrons. The number of hydrogen-bond acceptors (Lipinski definition) is 1. The zero-order valence-electron chi connectivity index (χ0n) is 27.3. The number of anilines is 3. The third-order valence-corrected chi connectivity index (χ3v) is 9.69. The van der Waals surface area contributed by atoms with Gasteiger partial charge in [0, 0.05) is 27.7 Å². The molecule has 2 nitrogen and oxygen atoms in total. The minimum atomic E-state index is 1.11. The Bertz CT molecular complexity index is 2600. The zero-order chi connectivity index (χ0) is 32.7. The Kier molecular flexibility index (Phi) is 7.06. The molecule has 2 heteroatoms. The topological polar surface area (TPSA) is 8.17 Å². The highest BCUT2D eigenvalue weighted by atomic mass is 15.2. The number of rotatable bonds is 6. The molecule has 9 aromatic rings. The third kappa shape index (κ3) is 4.97. The standard InChI is InChI=1S/C47H34N2/c1-33-14-12-22-41(38-27-26-35-17-8-9-18-37(35)32-38)47(33)49(40-30-28-36(29-31-40)34-15-4-2-5-16-34)45-25-13-24-44-46(45)42-21-10-11-23-43(42)48(44)39-19-6-3-7-20-39/h2-32H,1H3. The lowest BCUT2D eigenvalue weighted by atomic mass is 9.95. The summed E-state index contributed by atoms with van der Waals surface area (Å²) in [6.45, 7) is 2.23. The summed E-state index contributed by atoms with van der Waals surface area (Å²) in [4.78, 5) is 2.48. The van der Waals surface area contributed by atoms with E-state index in [4.69, 9.17) is 0 Å². The van der Waals surface area contributed by atoms with Gasteiger partial charge in [-0.25, -0.2) is 0 Å². The molecular formula is C47H34N2. The van der Waals surface area contributed by atoms with Gasteiger partial charge in [0.15, 0.2) is 0 Å². The largest absolute Gasteiger partial charge is 0.309 e. The van der Waals surface area contributed by atoms with E-state index < -0.39 is 0 Å². The van der Waals surface area contributed by atoms with E-state index in [1.807, 2.05) is 0 Å².